The largest absolute Gasteiger partial charge is 0.399 e. The van der Waals surface area contributed by atoms with Crippen LogP contribution in [-0.2, 0) is 0 Å². The van der Waals surface area contributed by atoms with E-state index < -0.39 is 0 Å². The first-order valence-corrected chi connectivity index (χ1v) is 4.32. The van der Waals surface area contributed by atoms with Gasteiger partial charge in [0.1, 0.15) is 5.82 Å². The van der Waals surface area contributed by atoms with Crippen LogP contribution in [0, 0.1) is 23.6 Å². The summed E-state index contributed by atoms with van der Waals surface area (Å²) in [6, 6.07) is 4.59. The highest BCUT2D eigenvalue weighted by Crippen LogP contribution is 2.27. The van der Waals surface area contributed by atoms with Gasteiger partial charge >= 0.3 is 0 Å². The molecule has 0 unspecified atom stereocenters. The number of hydrogen-bond acceptors (Lipinski definition) is 1. The Kier molecular flexibility index (Phi) is 1.94. The molecule has 0 radical (unpaired) electrons. The van der Waals surface area contributed by atoms with Gasteiger partial charge in [0, 0.05) is 11.6 Å². The van der Waals surface area contributed by atoms with E-state index in [2.05, 4.69) is 11.8 Å². The second-order valence-corrected chi connectivity index (χ2v) is 3.28. The van der Waals surface area contributed by atoms with Gasteiger partial charge < -0.3 is 5.73 Å². The second kappa shape index (κ2) is 3.10. The van der Waals surface area contributed by atoms with E-state index in [1.54, 1.807) is 12.1 Å². The molecule has 1 aromatic carbocycles. The molecule has 2 rings (SSSR count). The van der Waals surface area contributed by atoms with E-state index in [1.807, 2.05) is 0 Å². The smallest absolute Gasteiger partial charge is 0.140 e. The number of nitrogen functional groups attached to an aromatic ring is 1. The molecular weight excluding hydrogens is 165 g/mol. The van der Waals surface area contributed by atoms with Crippen molar-refractivity contribution in [2.75, 3.05) is 5.73 Å². The summed E-state index contributed by atoms with van der Waals surface area (Å²) in [6.07, 6.45) is 2.31. The number of nitrogens with two attached hydrogens (primary N) is 1. The molecule has 1 aromatic rings. The predicted molar refractivity (Wildman–Crippen MR) is 50.4 cm³/mol. The zero-order chi connectivity index (χ0) is 9.26. The molecule has 13 heavy (non-hydrogen) atoms. The number of halogens is 1. The highest BCUT2D eigenvalue weighted by Gasteiger charge is 2.17. The third-order valence-corrected chi connectivity index (χ3v) is 1.98. The van der Waals surface area contributed by atoms with E-state index >= 15 is 0 Å². The second-order valence-electron chi connectivity index (χ2n) is 3.28. The molecule has 2 heteroatoms. The molecule has 0 aromatic heterocycles. The van der Waals surface area contributed by atoms with E-state index in [4.69, 9.17) is 5.73 Å². The summed E-state index contributed by atoms with van der Waals surface area (Å²) in [6.45, 7) is 0. The van der Waals surface area contributed by atoms with Gasteiger partial charge in [0.05, 0.1) is 5.56 Å². The SMILES string of the molecule is Nc1ccc(C#CC2CC2)c(F)c1. The molecule has 0 bridgehead atoms. The van der Waals surface area contributed by atoms with Crippen LogP contribution in [0.25, 0.3) is 0 Å². The molecule has 0 aliphatic heterocycles. The van der Waals surface area contributed by atoms with E-state index in [-0.39, 0.29) is 5.82 Å². The normalized spacial score (nSPS) is 14.8. The Labute approximate surface area is 76.8 Å². The van der Waals surface area contributed by atoms with Gasteiger partial charge in [-0.05, 0) is 31.0 Å². The minimum Gasteiger partial charge on any atom is -0.399 e. The van der Waals surface area contributed by atoms with Crippen LogP contribution >= 0.6 is 0 Å². The quantitative estimate of drug-likeness (QED) is 0.474. The fraction of sp³-hybridized carbons (Fsp3) is 0.273. The summed E-state index contributed by atoms with van der Waals surface area (Å²) in [5.41, 5.74) is 6.29. The van der Waals surface area contributed by atoms with Crippen molar-refractivity contribution in [3.63, 3.8) is 0 Å². The van der Waals surface area contributed by atoms with Crippen LogP contribution < -0.4 is 5.73 Å². The summed E-state index contributed by atoms with van der Waals surface area (Å²) in [5, 5.41) is 0. The molecular formula is C11H10FN. The van der Waals surface area contributed by atoms with Crippen molar-refractivity contribution < 1.29 is 4.39 Å². The molecule has 0 saturated heterocycles. The van der Waals surface area contributed by atoms with Crippen LogP contribution in [0.3, 0.4) is 0 Å². The molecule has 0 spiro atoms. The topological polar surface area (TPSA) is 26.0 Å². The van der Waals surface area contributed by atoms with Crippen LogP contribution in [0.4, 0.5) is 10.1 Å². The van der Waals surface area contributed by atoms with Gasteiger partial charge in [-0.3, -0.25) is 0 Å². The number of hydrogen-bond donors (Lipinski definition) is 1. The molecule has 2 N–H and O–H groups in total. The lowest BCUT2D eigenvalue weighted by Crippen LogP contribution is -1.88. The number of anilines is 1. The molecule has 1 aliphatic carbocycles. The fourth-order valence-corrected chi connectivity index (χ4v) is 1.04. The highest BCUT2D eigenvalue weighted by atomic mass is 19.1. The summed E-state index contributed by atoms with van der Waals surface area (Å²) >= 11 is 0. The zero-order valence-electron chi connectivity index (χ0n) is 7.18. The number of rotatable bonds is 0. The maximum absolute atomic E-state index is 13.1. The van der Waals surface area contributed by atoms with Crippen molar-refractivity contribution in [3.05, 3.63) is 29.6 Å². The number of benzene rings is 1. The van der Waals surface area contributed by atoms with Gasteiger partial charge in [-0.1, -0.05) is 11.8 Å². The Balaban J connectivity index is 2.25. The van der Waals surface area contributed by atoms with E-state index in [9.17, 15) is 4.39 Å². The van der Waals surface area contributed by atoms with Gasteiger partial charge in [-0.25, -0.2) is 4.39 Å². The molecule has 0 amide bonds. The average molecular weight is 175 g/mol. The third-order valence-electron chi connectivity index (χ3n) is 1.98. The van der Waals surface area contributed by atoms with Crippen LogP contribution in [0.5, 0.6) is 0 Å². The zero-order valence-corrected chi connectivity index (χ0v) is 7.18. The first kappa shape index (κ1) is 8.12. The van der Waals surface area contributed by atoms with Crippen molar-refractivity contribution in [3.8, 4) is 11.8 Å². The summed E-state index contributed by atoms with van der Waals surface area (Å²) in [4.78, 5) is 0. The van der Waals surface area contributed by atoms with Crippen molar-refractivity contribution in [1.82, 2.24) is 0 Å². The van der Waals surface area contributed by atoms with Gasteiger partial charge in [-0.15, -0.1) is 0 Å². The first-order chi connectivity index (χ1) is 6.25. The lowest BCUT2D eigenvalue weighted by molar-refractivity contribution is 0.625. The van der Waals surface area contributed by atoms with Crippen molar-refractivity contribution in [2.24, 2.45) is 5.92 Å². The standard InChI is InChI=1S/C11H10FN/c12-11-7-10(13)6-5-9(11)4-3-8-1-2-8/h5-8H,1-2,13H2. The Morgan fingerprint density at radius 1 is 1.38 bits per heavy atom. The highest BCUT2D eigenvalue weighted by molar-refractivity contribution is 5.46. The molecule has 1 aliphatic rings. The average Bonchev–Trinajstić information content (AvgIpc) is 2.86. The van der Waals surface area contributed by atoms with Gasteiger partial charge in [0.25, 0.3) is 0 Å². The van der Waals surface area contributed by atoms with Crippen molar-refractivity contribution >= 4 is 5.69 Å². The van der Waals surface area contributed by atoms with Crippen LogP contribution in [0.1, 0.15) is 18.4 Å². The summed E-state index contributed by atoms with van der Waals surface area (Å²) in [5.74, 6) is 6.00. The first-order valence-electron chi connectivity index (χ1n) is 4.32. The van der Waals surface area contributed by atoms with Gasteiger partial charge in [0.2, 0.25) is 0 Å². The van der Waals surface area contributed by atoms with Gasteiger partial charge in [0.15, 0.2) is 0 Å². The molecule has 0 atom stereocenters. The van der Waals surface area contributed by atoms with E-state index in [0.717, 1.165) is 12.8 Å². The maximum Gasteiger partial charge on any atom is 0.140 e. The minimum atomic E-state index is -0.326. The lowest BCUT2D eigenvalue weighted by atomic mass is 10.2. The van der Waals surface area contributed by atoms with Crippen LogP contribution in [0.15, 0.2) is 18.2 Å². The Bertz CT molecular complexity index is 383. The molecule has 1 fully saturated rings. The molecule has 66 valence electrons. The monoisotopic (exact) mass is 175 g/mol. The van der Waals surface area contributed by atoms with E-state index in [0.29, 0.717) is 17.2 Å². The van der Waals surface area contributed by atoms with Crippen molar-refractivity contribution in [1.29, 1.82) is 0 Å². The predicted octanol–water partition coefficient (Wildman–Crippen LogP) is 2.17. The van der Waals surface area contributed by atoms with Crippen LogP contribution in [-0.4, -0.2) is 0 Å². The summed E-state index contributed by atoms with van der Waals surface area (Å²) < 4.78 is 13.1. The van der Waals surface area contributed by atoms with Crippen molar-refractivity contribution in [2.45, 2.75) is 12.8 Å². The van der Waals surface area contributed by atoms with E-state index in [1.165, 1.54) is 6.07 Å². The lowest BCUT2D eigenvalue weighted by Gasteiger charge is -1.95. The molecule has 1 nitrogen and oxygen atoms in total. The molecule has 1 saturated carbocycles. The maximum atomic E-state index is 13.1. The molecule has 0 heterocycles. The Hall–Kier alpha value is -1.49. The minimum absolute atomic E-state index is 0.326. The third kappa shape index (κ3) is 2.00. The fourth-order valence-electron chi connectivity index (χ4n) is 1.04. The Morgan fingerprint density at radius 2 is 2.15 bits per heavy atom. The Morgan fingerprint density at radius 3 is 2.77 bits per heavy atom. The van der Waals surface area contributed by atoms with Crippen LogP contribution in [0.2, 0.25) is 0 Å². The van der Waals surface area contributed by atoms with Gasteiger partial charge in [-0.2, -0.15) is 0 Å². The summed E-state index contributed by atoms with van der Waals surface area (Å²) in [7, 11) is 0.